The highest BCUT2D eigenvalue weighted by molar-refractivity contribution is 7.99. The van der Waals surface area contributed by atoms with Crippen LogP contribution in [-0.2, 0) is 6.54 Å². The highest BCUT2D eigenvalue weighted by Crippen LogP contribution is 2.21. The fraction of sp³-hybridized carbons (Fsp3) is 0.600. The zero-order valence-corrected chi connectivity index (χ0v) is 10.4. The van der Waals surface area contributed by atoms with Crippen molar-refractivity contribution < 1.29 is 0 Å². The fourth-order valence-electron chi connectivity index (χ4n) is 1.59. The van der Waals surface area contributed by atoms with E-state index < -0.39 is 0 Å². The number of thiophene rings is 1. The lowest BCUT2D eigenvalue weighted by Crippen LogP contribution is -2.32. The van der Waals surface area contributed by atoms with Crippen LogP contribution in [0.4, 0.5) is 0 Å². The maximum Gasteiger partial charge on any atom is 0.0516 e. The summed E-state index contributed by atoms with van der Waals surface area (Å²) in [5.41, 5.74) is 0. The Morgan fingerprint density at radius 2 is 2.50 bits per heavy atom. The van der Waals surface area contributed by atoms with Crippen LogP contribution < -0.4 is 5.32 Å². The molecule has 4 heteroatoms. The molecular weight excluding hydrogens is 234 g/mol. The van der Waals surface area contributed by atoms with Crippen molar-refractivity contribution in [3.05, 3.63) is 21.3 Å². The average Bonchev–Trinajstić information content (AvgIpc) is 2.63. The zero-order valence-electron chi connectivity index (χ0n) is 7.96. The third-order valence-corrected chi connectivity index (χ3v) is 4.85. The Labute approximate surface area is 98.2 Å². The first-order valence-corrected chi connectivity index (χ1v) is 7.30. The molecule has 2 rings (SSSR count). The molecule has 1 aromatic rings. The molecule has 0 aromatic carbocycles. The number of hydrogen-bond donors (Lipinski definition) is 1. The van der Waals surface area contributed by atoms with E-state index in [4.69, 9.17) is 11.6 Å². The highest BCUT2D eigenvalue weighted by atomic mass is 35.5. The number of halogens is 1. The maximum atomic E-state index is 5.86. The molecule has 78 valence electrons. The van der Waals surface area contributed by atoms with E-state index in [2.05, 4.69) is 23.1 Å². The van der Waals surface area contributed by atoms with Crippen LogP contribution in [0, 0.1) is 0 Å². The first kappa shape index (κ1) is 10.8. The molecule has 1 unspecified atom stereocenters. The highest BCUT2D eigenvalue weighted by Gasteiger charge is 2.12. The standard InChI is InChI=1S/C10H14ClNS2/c11-8-4-10(14-6-8)5-12-9-2-1-3-13-7-9/h4,6,9,12H,1-3,5,7H2. The van der Waals surface area contributed by atoms with Crippen molar-refractivity contribution in [2.24, 2.45) is 0 Å². The van der Waals surface area contributed by atoms with Gasteiger partial charge in [-0.3, -0.25) is 0 Å². The van der Waals surface area contributed by atoms with E-state index >= 15 is 0 Å². The van der Waals surface area contributed by atoms with E-state index in [9.17, 15) is 0 Å². The van der Waals surface area contributed by atoms with Gasteiger partial charge in [-0.05, 0) is 24.7 Å². The Morgan fingerprint density at radius 1 is 1.57 bits per heavy atom. The molecule has 1 aliphatic heterocycles. The van der Waals surface area contributed by atoms with E-state index in [1.165, 1.54) is 29.2 Å². The van der Waals surface area contributed by atoms with Crippen LogP contribution >= 0.6 is 34.7 Å². The molecule has 14 heavy (non-hydrogen) atoms. The molecule has 0 radical (unpaired) electrons. The molecule has 1 atom stereocenters. The predicted octanol–water partition coefficient (Wildman–Crippen LogP) is 3.39. The van der Waals surface area contributed by atoms with E-state index in [1.54, 1.807) is 11.3 Å². The van der Waals surface area contributed by atoms with Gasteiger partial charge in [0, 0.05) is 28.6 Å². The molecule has 0 spiro atoms. The normalized spacial score (nSPS) is 22.5. The van der Waals surface area contributed by atoms with Crippen molar-refractivity contribution in [1.82, 2.24) is 5.32 Å². The number of thioether (sulfide) groups is 1. The van der Waals surface area contributed by atoms with Crippen molar-refractivity contribution in [2.75, 3.05) is 11.5 Å². The van der Waals surface area contributed by atoms with Gasteiger partial charge in [-0.2, -0.15) is 11.8 Å². The van der Waals surface area contributed by atoms with Gasteiger partial charge in [0.1, 0.15) is 0 Å². The summed E-state index contributed by atoms with van der Waals surface area (Å²) >= 11 is 9.66. The molecule has 0 amide bonds. The summed E-state index contributed by atoms with van der Waals surface area (Å²) in [6, 6.07) is 2.75. The lowest BCUT2D eigenvalue weighted by molar-refractivity contribution is 0.510. The number of nitrogens with one attached hydrogen (secondary N) is 1. The van der Waals surface area contributed by atoms with Crippen LogP contribution in [0.15, 0.2) is 11.4 Å². The van der Waals surface area contributed by atoms with Gasteiger partial charge in [-0.25, -0.2) is 0 Å². The van der Waals surface area contributed by atoms with E-state index in [-0.39, 0.29) is 0 Å². The van der Waals surface area contributed by atoms with Crippen molar-refractivity contribution in [1.29, 1.82) is 0 Å². The van der Waals surface area contributed by atoms with Gasteiger partial charge < -0.3 is 5.32 Å². The quantitative estimate of drug-likeness (QED) is 0.879. The minimum atomic E-state index is 0.703. The van der Waals surface area contributed by atoms with Gasteiger partial charge in [0.05, 0.1) is 5.02 Å². The Hall–Kier alpha value is 0.300. The average molecular weight is 248 g/mol. The third kappa shape index (κ3) is 3.16. The summed E-state index contributed by atoms with van der Waals surface area (Å²) in [4.78, 5) is 1.34. The van der Waals surface area contributed by atoms with E-state index in [0.717, 1.165) is 11.6 Å². The van der Waals surface area contributed by atoms with Gasteiger partial charge >= 0.3 is 0 Å². The molecule has 1 fully saturated rings. The maximum absolute atomic E-state index is 5.86. The van der Waals surface area contributed by atoms with Crippen molar-refractivity contribution in [3.63, 3.8) is 0 Å². The molecule has 1 N–H and O–H groups in total. The Kier molecular flexibility index (Phi) is 4.17. The minimum Gasteiger partial charge on any atom is -0.308 e. The summed E-state index contributed by atoms with van der Waals surface area (Å²) in [6.07, 6.45) is 2.68. The topological polar surface area (TPSA) is 12.0 Å². The van der Waals surface area contributed by atoms with Gasteiger partial charge in [0.15, 0.2) is 0 Å². The van der Waals surface area contributed by atoms with Gasteiger partial charge in [-0.1, -0.05) is 11.6 Å². The van der Waals surface area contributed by atoms with Crippen LogP contribution in [0.5, 0.6) is 0 Å². The first-order valence-electron chi connectivity index (χ1n) is 4.88. The predicted molar refractivity (Wildman–Crippen MR) is 66.5 cm³/mol. The van der Waals surface area contributed by atoms with Crippen molar-refractivity contribution in [2.45, 2.75) is 25.4 Å². The molecule has 1 nitrogen and oxygen atoms in total. The summed E-state index contributed by atoms with van der Waals surface area (Å²) < 4.78 is 0. The summed E-state index contributed by atoms with van der Waals surface area (Å²) in [6.45, 7) is 0.975. The summed E-state index contributed by atoms with van der Waals surface area (Å²) in [5.74, 6) is 2.60. The smallest absolute Gasteiger partial charge is 0.0516 e. The SMILES string of the molecule is Clc1csc(CNC2CCCSC2)c1. The van der Waals surface area contributed by atoms with E-state index in [0.29, 0.717) is 6.04 Å². The zero-order chi connectivity index (χ0) is 9.80. The molecule has 0 bridgehead atoms. The van der Waals surface area contributed by atoms with Gasteiger partial charge in [0.2, 0.25) is 0 Å². The summed E-state index contributed by atoms with van der Waals surface area (Å²) in [7, 11) is 0. The number of rotatable bonds is 3. The second kappa shape index (κ2) is 5.40. The molecule has 0 saturated carbocycles. The lowest BCUT2D eigenvalue weighted by atomic mass is 10.2. The molecular formula is C10H14ClNS2. The monoisotopic (exact) mass is 247 g/mol. The third-order valence-electron chi connectivity index (χ3n) is 2.35. The van der Waals surface area contributed by atoms with Gasteiger partial charge in [-0.15, -0.1) is 11.3 Å². The minimum absolute atomic E-state index is 0.703. The van der Waals surface area contributed by atoms with Crippen LogP contribution in [0.25, 0.3) is 0 Å². The van der Waals surface area contributed by atoms with Crippen molar-refractivity contribution in [3.8, 4) is 0 Å². The molecule has 1 aromatic heterocycles. The molecule has 1 saturated heterocycles. The van der Waals surface area contributed by atoms with Crippen LogP contribution in [-0.4, -0.2) is 17.5 Å². The summed E-state index contributed by atoms with van der Waals surface area (Å²) in [5, 5.41) is 6.44. The second-order valence-corrected chi connectivity index (χ2v) is 6.11. The largest absolute Gasteiger partial charge is 0.308 e. The lowest BCUT2D eigenvalue weighted by Gasteiger charge is -2.22. The molecule has 0 aliphatic carbocycles. The second-order valence-electron chi connectivity index (χ2n) is 3.53. The van der Waals surface area contributed by atoms with Gasteiger partial charge in [0.25, 0.3) is 0 Å². The van der Waals surface area contributed by atoms with Crippen LogP contribution in [0.3, 0.4) is 0 Å². The Morgan fingerprint density at radius 3 is 3.14 bits per heavy atom. The molecule has 2 heterocycles. The Balaban J connectivity index is 1.76. The van der Waals surface area contributed by atoms with Crippen molar-refractivity contribution >= 4 is 34.7 Å². The molecule has 1 aliphatic rings. The Bertz CT molecular complexity index is 281. The first-order chi connectivity index (χ1) is 6.84. The van der Waals surface area contributed by atoms with E-state index in [1.807, 2.05) is 5.38 Å². The number of hydrogen-bond acceptors (Lipinski definition) is 3. The fourth-order valence-corrected chi connectivity index (χ4v) is 3.72. The van der Waals surface area contributed by atoms with Crippen LogP contribution in [0.1, 0.15) is 17.7 Å². The van der Waals surface area contributed by atoms with Crippen LogP contribution in [0.2, 0.25) is 5.02 Å².